The summed E-state index contributed by atoms with van der Waals surface area (Å²) in [5.74, 6) is 0.380. The molecule has 1 amide bonds. The van der Waals surface area contributed by atoms with Crippen LogP contribution in [0.4, 0.5) is 5.69 Å². The van der Waals surface area contributed by atoms with E-state index in [1.165, 1.54) is 0 Å². The zero-order valence-corrected chi connectivity index (χ0v) is 12.5. The van der Waals surface area contributed by atoms with Crippen molar-refractivity contribution in [1.29, 1.82) is 0 Å². The molecule has 0 saturated carbocycles. The molecule has 2 aromatic rings. The maximum Gasteiger partial charge on any atom is 0.262 e. The molecule has 4 nitrogen and oxygen atoms in total. The Morgan fingerprint density at radius 2 is 2.10 bits per heavy atom. The van der Waals surface area contributed by atoms with Crippen LogP contribution in [0, 0.1) is 6.92 Å². The maximum atomic E-state index is 11.9. The normalized spacial score (nSPS) is 10.2. The van der Waals surface area contributed by atoms with Gasteiger partial charge in [0.2, 0.25) is 0 Å². The lowest BCUT2D eigenvalue weighted by Gasteiger charge is -2.11. The Morgan fingerprint density at radius 1 is 1.29 bits per heavy atom. The zero-order chi connectivity index (χ0) is 15.2. The molecule has 0 unspecified atom stereocenters. The quantitative estimate of drug-likeness (QED) is 0.892. The molecule has 0 aromatic heterocycles. The molecule has 0 bridgehead atoms. The predicted molar refractivity (Wildman–Crippen MR) is 84.6 cm³/mol. The van der Waals surface area contributed by atoms with E-state index >= 15 is 0 Å². The highest BCUT2D eigenvalue weighted by Gasteiger charge is 2.07. The van der Waals surface area contributed by atoms with Crippen LogP contribution in [0.3, 0.4) is 0 Å². The highest BCUT2D eigenvalue weighted by molar-refractivity contribution is 6.30. The van der Waals surface area contributed by atoms with E-state index in [1.807, 2.05) is 25.1 Å². The number of anilines is 1. The minimum absolute atomic E-state index is 0.0808. The number of hydrogen-bond acceptors (Lipinski definition) is 3. The molecule has 21 heavy (non-hydrogen) atoms. The second kappa shape index (κ2) is 7.11. The van der Waals surface area contributed by atoms with E-state index in [0.717, 1.165) is 11.1 Å². The van der Waals surface area contributed by atoms with Crippen LogP contribution >= 0.6 is 11.6 Å². The summed E-state index contributed by atoms with van der Waals surface area (Å²) in [5.41, 5.74) is 8.29. The van der Waals surface area contributed by atoms with Gasteiger partial charge in [0.15, 0.2) is 6.61 Å². The van der Waals surface area contributed by atoms with Crippen LogP contribution in [-0.2, 0) is 11.3 Å². The first kappa shape index (κ1) is 15.4. The van der Waals surface area contributed by atoms with Crippen molar-refractivity contribution in [2.45, 2.75) is 13.5 Å². The van der Waals surface area contributed by atoms with Gasteiger partial charge in [-0.25, -0.2) is 0 Å². The molecule has 0 heterocycles. The average molecular weight is 305 g/mol. The highest BCUT2D eigenvalue weighted by atomic mass is 35.5. The van der Waals surface area contributed by atoms with Crippen LogP contribution < -0.4 is 15.8 Å². The number of carbonyl (C=O) groups is 1. The topological polar surface area (TPSA) is 64.3 Å². The number of rotatable bonds is 5. The van der Waals surface area contributed by atoms with Gasteiger partial charge < -0.3 is 15.8 Å². The number of hydrogen-bond donors (Lipinski definition) is 2. The van der Waals surface area contributed by atoms with Gasteiger partial charge in [-0.15, -0.1) is 0 Å². The molecule has 110 valence electrons. The number of halogens is 1. The minimum atomic E-state index is -0.249. The van der Waals surface area contributed by atoms with Crippen molar-refractivity contribution >= 4 is 23.2 Å². The zero-order valence-electron chi connectivity index (χ0n) is 11.7. The first-order valence-corrected chi connectivity index (χ1v) is 6.94. The largest absolute Gasteiger partial charge is 0.483 e. The molecular formula is C16H17ClN2O2. The summed E-state index contributed by atoms with van der Waals surface area (Å²) in [6, 6.07) is 12.6. The second-order valence-corrected chi connectivity index (χ2v) is 5.10. The Balaban J connectivity index is 1.95. The molecule has 0 radical (unpaired) electrons. The van der Waals surface area contributed by atoms with Gasteiger partial charge in [0, 0.05) is 22.8 Å². The third-order valence-electron chi connectivity index (χ3n) is 2.90. The molecule has 2 aromatic carbocycles. The molecule has 0 aliphatic carbocycles. The van der Waals surface area contributed by atoms with E-state index in [-0.39, 0.29) is 12.5 Å². The van der Waals surface area contributed by atoms with Crippen molar-refractivity contribution in [1.82, 2.24) is 0 Å². The maximum absolute atomic E-state index is 11.9. The Labute approximate surface area is 128 Å². The van der Waals surface area contributed by atoms with E-state index in [2.05, 4.69) is 5.32 Å². The third-order valence-corrected chi connectivity index (χ3v) is 3.14. The molecule has 0 spiro atoms. The van der Waals surface area contributed by atoms with E-state index in [1.54, 1.807) is 24.3 Å². The SMILES string of the molecule is Cc1ccc(OCC(=O)Nc2cccc(Cl)c2)c(CN)c1. The van der Waals surface area contributed by atoms with Gasteiger partial charge >= 0.3 is 0 Å². The van der Waals surface area contributed by atoms with Crippen molar-refractivity contribution in [3.8, 4) is 5.75 Å². The van der Waals surface area contributed by atoms with E-state index in [9.17, 15) is 4.79 Å². The van der Waals surface area contributed by atoms with Gasteiger partial charge in [0.1, 0.15) is 5.75 Å². The van der Waals surface area contributed by atoms with Gasteiger partial charge in [-0.2, -0.15) is 0 Å². The number of ether oxygens (including phenoxy) is 1. The van der Waals surface area contributed by atoms with Crippen LogP contribution in [0.15, 0.2) is 42.5 Å². The van der Waals surface area contributed by atoms with Gasteiger partial charge in [-0.1, -0.05) is 35.4 Å². The standard InChI is InChI=1S/C16H17ClN2O2/c1-11-5-6-15(12(7-11)9-18)21-10-16(20)19-14-4-2-3-13(17)8-14/h2-8H,9-10,18H2,1H3,(H,19,20). The van der Waals surface area contributed by atoms with Crippen LogP contribution in [0.5, 0.6) is 5.75 Å². The summed E-state index contributed by atoms with van der Waals surface area (Å²) in [6.07, 6.45) is 0. The van der Waals surface area contributed by atoms with Crippen LogP contribution in [-0.4, -0.2) is 12.5 Å². The van der Waals surface area contributed by atoms with Gasteiger partial charge in [0.05, 0.1) is 0 Å². The lowest BCUT2D eigenvalue weighted by Crippen LogP contribution is -2.20. The number of aryl methyl sites for hydroxylation is 1. The van der Waals surface area contributed by atoms with Crippen molar-refractivity contribution in [2.24, 2.45) is 5.73 Å². The average Bonchev–Trinajstić information content (AvgIpc) is 2.45. The van der Waals surface area contributed by atoms with Gasteiger partial charge in [-0.05, 0) is 31.2 Å². The molecule has 0 fully saturated rings. The third kappa shape index (κ3) is 4.48. The fourth-order valence-electron chi connectivity index (χ4n) is 1.92. The molecule has 0 saturated heterocycles. The number of nitrogens with two attached hydrogens (primary N) is 1. The minimum Gasteiger partial charge on any atom is -0.483 e. The lowest BCUT2D eigenvalue weighted by molar-refractivity contribution is -0.118. The van der Waals surface area contributed by atoms with E-state index in [0.29, 0.717) is 23.0 Å². The Hall–Kier alpha value is -2.04. The molecule has 2 rings (SSSR count). The fourth-order valence-corrected chi connectivity index (χ4v) is 2.11. The van der Waals surface area contributed by atoms with Crippen LogP contribution in [0.2, 0.25) is 5.02 Å². The van der Waals surface area contributed by atoms with Crippen LogP contribution in [0.1, 0.15) is 11.1 Å². The first-order valence-electron chi connectivity index (χ1n) is 6.56. The van der Waals surface area contributed by atoms with Gasteiger partial charge in [0.25, 0.3) is 5.91 Å². The smallest absolute Gasteiger partial charge is 0.262 e. The van der Waals surface area contributed by atoms with Crippen molar-refractivity contribution in [3.63, 3.8) is 0 Å². The molecule has 3 N–H and O–H groups in total. The summed E-state index contributed by atoms with van der Waals surface area (Å²) in [4.78, 5) is 11.9. The Bertz CT molecular complexity index is 644. The number of carbonyl (C=O) groups excluding carboxylic acids is 1. The first-order chi connectivity index (χ1) is 10.1. The Morgan fingerprint density at radius 3 is 2.81 bits per heavy atom. The number of amides is 1. The van der Waals surface area contributed by atoms with E-state index in [4.69, 9.17) is 22.1 Å². The Kier molecular flexibility index (Phi) is 5.20. The molecule has 5 heteroatoms. The summed E-state index contributed by atoms with van der Waals surface area (Å²) >= 11 is 5.86. The van der Waals surface area contributed by atoms with Gasteiger partial charge in [-0.3, -0.25) is 4.79 Å². The predicted octanol–water partition coefficient (Wildman–Crippen LogP) is 3.12. The summed E-state index contributed by atoms with van der Waals surface area (Å²) in [7, 11) is 0. The second-order valence-electron chi connectivity index (χ2n) is 4.66. The summed E-state index contributed by atoms with van der Waals surface area (Å²) in [5, 5.41) is 3.29. The molecule has 0 aliphatic rings. The van der Waals surface area contributed by atoms with E-state index < -0.39 is 0 Å². The number of nitrogens with one attached hydrogen (secondary N) is 1. The van der Waals surface area contributed by atoms with Crippen LogP contribution in [0.25, 0.3) is 0 Å². The van der Waals surface area contributed by atoms with Crippen molar-refractivity contribution in [2.75, 3.05) is 11.9 Å². The lowest BCUT2D eigenvalue weighted by atomic mass is 10.1. The number of benzene rings is 2. The summed E-state index contributed by atoms with van der Waals surface area (Å²) < 4.78 is 5.52. The highest BCUT2D eigenvalue weighted by Crippen LogP contribution is 2.20. The van der Waals surface area contributed by atoms with Crippen molar-refractivity contribution in [3.05, 3.63) is 58.6 Å². The monoisotopic (exact) mass is 304 g/mol. The fraction of sp³-hybridized carbons (Fsp3) is 0.188. The molecule has 0 aliphatic heterocycles. The molecular weight excluding hydrogens is 288 g/mol. The van der Waals surface area contributed by atoms with Crippen molar-refractivity contribution < 1.29 is 9.53 Å². The molecule has 0 atom stereocenters. The summed E-state index contributed by atoms with van der Waals surface area (Å²) in [6.45, 7) is 2.27.